The molecule has 0 bridgehead atoms. The molecule has 0 saturated carbocycles. The molecule has 1 heterocycles. The second-order valence-corrected chi connectivity index (χ2v) is 5.95. The van der Waals surface area contributed by atoms with E-state index in [1.54, 1.807) is 0 Å². The monoisotopic (exact) mass is 356 g/mol. The molecule has 7 nitrogen and oxygen atoms in total. The van der Waals surface area contributed by atoms with Gasteiger partial charge in [-0.15, -0.1) is 0 Å². The smallest absolute Gasteiger partial charge is 0.312 e. The van der Waals surface area contributed by atoms with E-state index in [-0.39, 0.29) is 23.6 Å². The van der Waals surface area contributed by atoms with Gasteiger partial charge in [-0.3, -0.25) is 19.6 Å². The zero-order valence-electron chi connectivity index (χ0n) is 12.8. The summed E-state index contributed by atoms with van der Waals surface area (Å²) in [6.07, 6.45) is 0. The molecule has 0 aliphatic rings. The number of benzene rings is 1. The minimum absolute atomic E-state index is 0.115. The molecule has 24 heavy (non-hydrogen) atoms. The first-order chi connectivity index (χ1) is 11.3. The SMILES string of the molecule is Cc1nn(CC(=O)Nc2ccc(SC(F)F)cc2)c(C)c1[N+](=O)[O-]. The molecule has 0 unspecified atom stereocenters. The van der Waals surface area contributed by atoms with Crippen LogP contribution in [0.3, 0.4) is 0 Å². The second-order valence-electron chi connectivity index (χ2n) is 4.89. The average molecular weight is 356 g/mol. The van der Waals surface area contributed by atoms with Crippen LogP contribution < -0.4 is 5.32 Å². The van der Waals surface area contributed by atoms with Gasteiger partial charge in [0.2, 0.25) is 5.91 Å². The van der Waals surface area contributed by atoms with Gasteiger partial charge in [0, 0.05) is 10.6 Å². The molecule has 1 aromatic carbocycles. The number of alkyl halides is 2. The molecule has 1 amide bonds. The van der Waals surface area contributed by atoms with Gasteiger partial charge in [-0.25, -0.2) is 0 Å². The van der Waals surface area contributed by atoms with Gasteiger partial charge in [0.25, 0.3) is 5.76 Å². The van der Waals surface area contributed by atoms with Crippen molar-refractivity contribution in [2.75, 3.05) is 5.32 Å². The summed E-state index contributed by atoms with van der Waals surface area (Å²) in [4.78, 5) is 22.8. The molecule has 0 radical (unpaired) electrons. The lowest BCUT2D eigenvalue weighted by atomic mass is 10.3. The van der Waals surface area contributed by atoms with E-state index in [0.29, 0.717) is 22.3 Å². The van der Waals surface area contributed by atoms with Crippen molar-refractivity contribution in [2.45, 2.75) is 31.0 Å². The fraction of sp³-hybridized carbons (Fsp3) is 0.286. The topological polar surface area (TPSA) is 90.1 Å². The van der Waals surface area contributed by atoms with Gasteiger partial charge in [-0.05, 0) is 38.1 Å². The van der Waals surface area contributed by atoms with Crippen LogP contribution in [0.1, 0.15) is 11.4 Å². The lowest BCUT2D eigenvalue weighted by Crippen LogP contribution is -2.20. The van der Waals surface area contributed by atoms with Crippen molar-refractivity contribution in [1.29, 1.82) is 0 Å². The number of anilines is 1. The van der Waals surface area contributed by atoms with Crippen molar-refractivity contribution in [3.05, 3.63) is 45.8 Å². The number of nitrogens with zero attached hydrogens (tertiary/aromatic N) is 3. The van der Waals surface area contributed by atoms with Crippen molar-refractivity contribution < 1.29 is 18.5 Å². The summed E-state index contributed by atoms with van der Waals surface area (Å²) < 4.78 is 25.7. The van der Waals surface area contributed by atoms with E-state index >= 15 is 0 Å². The Balaban J connectivity index is 2.03. The molecule has 1 N–H and O–H groups in total. The number of thioether (sulfide) groups is 1. The van der Waals surface area contributed by atoms with Crippen molar-refractivity contribution in [3.8, 4) is 0 Å². The highest BCUT2D eigenvalue weighted by molar-refractivity contribution is 7.99. The predicted molar refractivity (Wildman–Crippen MR) is 85.3 cm³/mol. The lowest BCUT2D eigenvalue weighted by Gasteiger charge is -2.07. The number of carbonyl (C=O) groups excluding carboxylic acids is 1. The number of amides is 1. The Labute approximate surface area is 140 Å². The molecule has 2 rings (SSSR count). The Morgan fingerprint density at radius 1 is 1.38 bits per heavy atom. The number of nitro groups is 1. The second kappa shape index (κ2) is 7.39. The molecule has 2 aromatic rings. The Kier molecular flexibility index (Phi) is 5.50. The van der Waals surface area contributed by atoms with Crippen LogP contribution in [0.2, 0.25) is 0 Å². The Morgan fingerprint density at radius 2 is 2.00 bits per heavy atom. The summed E-state index contributed by atoms with van der Waals surface area (Å²) >= 11 is 0.414. The summed E-state index contributed by atoms with van der Waals surface area (Å²) in [6.45, 7) is 2.83. The maximum absolute atomic E-state index is 12.2. The van der Waals surface area contributed by atoms with Crippen LogP contribution in [0.4, 0.5) is 20.2 Å². The van der Waals surface area contributed by atoms with Crippen LogP contribution in [0, 0.1) is 24.0 Å². The van der Waals surface area contributed by atoms with Gasteiger partial charge in [-0.2, -0.15) is 13.9 Å². The highest BCUT2D eigenvalue weighted by Crippen LogP contribution is 2.26. The van der Waals surface area contributed by atoms with Crippen LogP contribution in [0.25, 0.3) is 0 Å². The summed E-state index contributed by atoms with van der Waals surface area (Å²) in [5.41, 5.74) is 0.848. The summed E-state index contributed by atoms with van der Waals surface area (Å²) in [5, 5.41) is 17.5. The molecule has 0 aliphatic carbocycles. The van der Waals surface area contributed by atoms with Crippen LogP contribution in [0.5, 0.6) is 0 Å². The molecule has 10 heteroatoms. The fourth-order valence-electron chi connectivity index (χ4n) is 2.16. The highest BCUT2D eigenvalue weighted by Gasteiger charge is 2.22. The fourth-order valence-corrected chi connectivity index (χ4v) is 2.66. The average Bonchev–Trinajstić information content (AvgIpc) is 2.74. The number of hydrogen-bond acceptors (Lipinski definition) is 5. The van der Waals surface area contributed by atoms with E-state index in [0.717, 1.165) is 0 Å². The molecule has 1 aromatic heterocycles. The molecular weight excluding hydrogens is 342 g/mol. The predicted octanol–water partition coefficient (Wildman–Crippen LogP) is 3.36. The largest absolute Gasteiger partial charge is 0.324 e. The number of aromatic nitrogens is 2. The highest BCUT2D eigenvalue weighted by atomic mass is 32.2. The third-order valence-corrected chi connectivity index (χ3v) is 3.90. The summed E-state index contributed by atoms with van der Waals surface area (Å²) in [7, 11) is 0. The summed E-state index contributed by atoms with van der Waals surface area (Å²) in [5.74, 6) is -2.93. The van der Waals surface area contributed by atoms with E-state index in [1.807, 2.05) is 0 Å². The molecule has 0 atom stereocenters. The minimum Gasteiger partial charge on any atom is -0.324 e. The van der Waals surface area contributed by atoms with Crippen molar-refractivity contribution >= 4 is 29.0 Å². The van der Waals surface area contributed by atoms with Crippen LogP contribution >= 0.6 is 11.8 Å². The van der Waals surface area contributed by atoms with Crippen LogP contribution in [-0.4, -0.2) is 26.4 Å². The number of rotatable bonds is 6. The van der Waals surface area contributed by atoms with E-state index in [4.69, 9.17) is 0 Å². The molecule has 0 aliphatic heterocycles. The van der Waals surface area contributed by atoms with Crippen LogP contribution in [-0.2, 0) is 11.3 Å². The van der Waals surface area contributed by atoms with Gasteiger partial charge < -0.3 is 5.32 Å². The number of aryl methyl sites for hydroxylation is 1. The normalized spacial score (nSPS) is 10.9. The van der Waals surface area contributed by atoms with Crippen LogP contribution in [0.15, 0.2) is 29.2 Å². The third-order valence-electron chi connectivity index (χ3n) is 3.18. The third kappa shape index (κ3) is 4.28. The van der Waals surface area contributed by atoms with Gasteiger partial charge in [0.1, 0.15) is 17.9 Å². The van der Waals surface area contributed by atoms with E-state index in [2.05, 4.69) is 10.4 Å². The molecule has 0 spiro atoms. The van der Waals surface area contributed by atoms with Gasteiger partial charge in [0.15, 0.2) is 0 Å². The Hall–Kier alpha value is -2.49. The van der Waals surface area contributed by atoms with Gasteiger partial charge >= 0.3 is 5.69 Å². The standard InChI is InChI=1S/C14H14F2N4O3S/c1-8-13(20(22)23)9(2)19(18-8)7-12(21)17-10-3-5-11(6-4-10)24-14(15)16/h3-6,14H,7H2,1-2H3,(H,17,21). The number of halogens is 2. The molecule has 128 valence electrons. The van der Waals surface area contributed by atoms with E-state index in [1.165, 1.54) is 42.8 Å². The number of hydrogen-bond donors (Lipinski definition) is 1. The number of carbonyl (C=O) groups is 1. The van der Waals surface area contributed by atoms with Crippen molar-refractivity contribution in [2.24, 2.45) is 0 Å². The maximum atomic E-state index is 12.2. The van der Waals surface area contributed by atoms with E-state index < -0.39 is 16.6 Å². The minimum atomic E-state index is -2.51. The summed E-state index contributed by atoms with van der Waals surface area (Å²) in [6, 6.07) is 5.96. The first-order valence-electron chi connectivity index (χ1n) is 6.81. The maximum Gasteiger partial charge on any atom is 0.312 e. The number of nitrogens with one attached hydrogen (secondary N) is 1. The zero-order chi connectivity index (χ0) is 17.9. The lowest BCUT2D eigenvalue weighted by molar-refractivity contribution is -0.386. The molecule has 0 fully saturated rings. The zero-order valence-corrected chi connectivity index (χ0v) is 13.6. The van der Waals surface area contributed by atoms with Gasteiger partial charge in [-0.1, -0.05) is 11.8 Å². The quantitative estimate of drug-likeness (QED) is 0.487. The van der Waals surface area contributed by atoms with E-state index in [9.17, 15) is 23.7 Å². The molecule has 0 saturated heterocycles. The van der Waals surface area contributed by atoms with Crippen molar-refractivity contribution in [3.63, 3.8) is 0 Å². The van der Waals surface area contributed by atoms with Crippen molar-refractivity contribution in [1.82, 2.24) is 9.78 Å². The first-order valence-corrected chi connectivity index (χ1v) is 7.69. The first kappa shape index (κ1) is 17.9. The Morgan fingerprint density at radius 3 is 2.50 bits per heavy atom. The molecular formula is C14H14F2N4O3S. The van der Waals surface area contributed by atoms with Gasteiger partial charge in [0.05, 0.1) is 4.92 Å². The Bertz CT molecular complexity index is 762.